The Balaban J connectivity index is 1.44. The highest BCUT2D eigenvalue weighted by Crippen LogP contribution is 2.37. The Morgan fingerprint density at radius 3 is 2.23 bits per heavy atom. The number of carbonyl (C=O) groups excluding carboxylic acids is 2. The Kier molecular flexibility index (Phi) is 6.94. The van der Waals surface area contributed by atoms with Crippen LogP contribution in [0, 0.1) is 11.7 Å². The first-order chi connectivity index (χ1) is 16.7. The molecule has 2 aromatic carbocycles. The molecule has 182 valence electrons. The van der Waals surface area contributed by atoms with E-state index in [2.05, 4.69) is 20.6 Å². The highest BCUT2D eigenvalue weighted by atomic mass is 19.4. The van der Waals surface area contributed by atoms with Gasteiger partial charge >= 0.3 is 6.18 Å². The van der Waals surface area contributed by atoms with Crippen LogP contribution in [0.3, 0.4) is 0 Å². The van der Waals surface area contributed by atoms with Gasteiger partial charge in [-0.3, -0.25) is 9.59 Å². The van der Waals surface area contributed by atoms with E-state index in [4.69, 9.17) is 0 Å². The maximum Gasteiger partial charge on any atom is 0.418 e. The van der Waals surface area contributed by atoms with Crippen LogP contribution in [-0.2, 0) is 11.0 Å². The summed E-state index contributed by atoms with van der Waals surface area (Å²) in [4.78, 5) is 35.3. The van der Waals surface area contributed by atoms with E-state index in [9.17, 15) is 27.2 Å². The second-order valence-electron chi connectivity index (χ2n) is 8.02. The molecule has 2 amide bonds. The summed E-state index contributed by atoms with van der Waals surface area (Å²) < 4.78 is 54.3. The second-order valence-corrected chi connectivity index (χ2v) is 8.02. The van der Waals surface area contributed by atoms with Crippen molar-refractivity contribution in [2.75, 3.05) is 28.6 Å². The predicted octanol–water partition coefficient (Wildman–Crippen LogP) is 4.74. The van der Waals surface area contributed by atoms with Crippen LogP contribution in [0.5, 0.6) is 0 Å². The molecule has 1 aliphatic rings. The lowest BCUT2D eigenvalue weighted by Crippen LogP contribution is -2.39. The van der Waals surface area contributed by atoms with Crippen LogP contribution in [0.1, 0.15) is 28.8 Å². The van der Waals surface area contributed by atoms with Gasteiger partial charge in [-0.1, -0.05) is 0 Å². The number of anilines is 3. The van der Waals surface area contributed by atoms with Crippen LogP contribution in [0.25, 0.3) is 0 Å². The van der Waals surface area contributed by atoms with Crippen LogP contribution in [0.4, 0.5) is 34.9 Å². The molecule has 1 fully saturated rings. The molecule has 0 saturated carbocycles. The average Bonchev–Trinajstić information content (AvgIpc) is 2.85. The van der Waals surface area contributed by atoms with Crippen molar-refractivity contribution in [1.82, 2.24) is 9.97 Å². The SMILES string of the molecule is O=C(Nc1ccc(NC(=O)C2CCN(c3ncccn3)CC2)c(C(F)(F)F)c1)c1ccc(F)cc1. The number of nitrogens with one attached hydrogen (secondary N) is 2. The van der Waals surface area contributed by atoms with Crippen molar-refractivity contribution >= 4 is 29.1 Å². The minimum atomic E-state index is -4.77. The fourth-order valence-corrected chi connectivity index (χ4v) is 3.80. The van der Waals surface area contributed by atoms with E-state index in [1.54, 1.807) is 18.5 Å². The maximum absolute atomic E-state index is 13.7. The smallest absolute Gasteiger partial charge is 0.341 e. The van der Waals surface area contributed by atoms with Gasteiger partial charge in [-0.15, -0.1) is 0 Å². The zero-order chi connectivity index (χ0) is 25.0. The van der Waals surface area contributed by atoms with Crippen molar-refractivity contribution in [2.24, 2.45) is 5.92 Å². The number of nitrogens with zero attached hydrogens (tertiary/aromatic N) is 3. The molecule has 0 atom stereocenters. The molecule has 4 rings (SSSR count). The van der Waals surface area contributed by atoms with Crippen molar-refractivity contribution in [1.29, 1.82) is 0 Å². The number of aromatic nitrogens is 2. The van der Waals surface area contributed by atoms with E-state index in [1.165, 1.54) is 18.2 Å². The minimum Gasteiger partial charge on any atom is -0.341 e. The number of amides is 2. The molecular formula is C24H21F4N5O2. The van der Waals surface area contributed by atoms with Crippen molar-refractivity contribution in [3.8, 4) is 0 Å². The topological polar surface area (TPSA) is 87.2 Å². The average molecular weight is 487 g/mol. The number of benzene rings is 2. The third-order valence-electron chi connectivity index (χ3n) is 5.65. The van der Waals surface area contributed by atoms with E-state index >= 15 is 0 Å². The Labute approximate surface area is 198 Å². The Morgan fingerprint density at radius 1 is 0.943 bits per heavy atom. The van der Waals surface area contributed by atoms with Crippen molar-refractivity contribution in [2.45, 2.75) is 19.0 Å². The van der Waals surface area contributed by atoms with E-state index < -0.39 is 41.0 Å². The standard InChI is InChI=1S/C24H21F4N5O2/c25-17-4-2-15(3-5-17)21(34)31-18-6-7-20(19(14-18)24(26,27)28)32-22(35)16-8-12-33(13-9-16)23-29-10-1-11-30-23/h1-7,10-11,14,16H,8-9,12-13H2,(H,31,34)(H,32,35). The number of hydrogen-bond acceptors (Lipinski definition) is 5. The lowest BCUT2D eigenvalue weighted by atomic mass is 9.95. The summed E-state index contributed by atoms with van der Waals surface area (Å²) in [5.74, 6) is -1.66. The molecule has 35 heavy (non-hydrogen) atoms. The van der Waals surface area contributed by atoms with Crippen LogP contribution < -0.4 is 15.5 Å². The van der Waals surface area contributed by atoms with Gasteiger partial charge in [0.1, 0.15) is 5.82 Å². The van der Waals surface area contributed by atoms with Crippen LogP contribution in [0.15, 0.2) is 60.9 Å². The van der Waals surface area contributed by atoms with E-state index in [0.29, 0.717) is 31.9 Å². The molecule has 11 heteroatoms. The first-order valence-electron chi connectivity index (χ1n) is 10.8. The fraction of sp³-hybridized carbons (Fsp3) is 0.250. The van der Waals surface area contributed by atoms with Gasteiger partial charge in [-0.2, -0.15) is 13.2 Å². The zero-order valence-electron chi connectivity index (χ0n) is 18.3. The quantitative estimate of drug-likeness (QED) is 0.508. The monoisotopic (exact) mass is 487 g/mol. The number of hydrogen-bond donors (Lipinski definition) is 2. The highest BCUT2D eigenvalue weighted by molar-refractivity contribution is 6.04. The van der Waals surface area contributed by atoms with Crippen molar-refractivity contribution < 1.29 is 27.2 Å². The van der Waals surface area contributed by atoms with Crippen molar-refractivity contribution in [3.05, 3.63) is 77.9 Å². The number of piperidine rings is 1. The number of alkyl halides is 3. The van der Waals surface area contributed by atoms with Crippen molar-refractivity contribution in [3.63, 3.8) is 0 Å². The van der Waals surface area contributed by atoms with Gasteiger partial charge in [0.2, 0.25) is 11.9 Å². The van der Waals surface area contributed by atoms with E-state index in [0.717, 1.165) is 24.3 Å². The van der Waals surface area contributed by atoms with Crippen LogP contribution >= 0.6 is 0 Å². The lowest BCUT2D eigenvalue weighted by molar-refractivity contribution is -0.137. The molecular weight excluding hydrogens is 466 g/mol. The summed E-state index contributed by atoms with van der Waals surface area (Å²) in [5.41, 5.74) is -1.50. The molecule has 0 radical (unpaired) electrons. The molecule has 7 nitrogen and oxygen atoms in total. The largest absolute Gasteiger partial charge is 0.418 e. The van der Waals surface area contributed by atoms with Gasteiger partial charge in [0, 0.05) is 42.7 Å². The summed E-state index contributed by atoms with van der Waals surface area (Å²) >= 11 is 0. The van der Waals surface area contributed by atoms with Crippen LogP contribution in [0.2, 0.25) is 0 Å². The third-order valence-corrected chi connectivity index (χ3v) is 5.65. The number of rotatable bonds is 5. The first kappa shape index (κ1) is 24.1. The molecule has 2 N–H and O–H groups in total. The van der Waals surface area contributed by atoms with E-state index in [1.807, 2.05) is 4.90 Å². The molecule has 3 aromatic rings. The van der Waals surface area contributed by atoms with Gasteiger partial charge in [-0.05, 0) is 61.4 Å². The van der Waals surface area contributed by atoms with Gasteiger partial charge in [0.05, 0.1) is 11.3 Å². The molecule has 0 unspecified atom stereocenters. The van der Waals surface area contributed by atoms with Crippen LogP contribution in [-0.4, -0.2) is 34.9 Å². The normalized spacial score (nSPS) is 14.5. The number of halogens is 4. The molecule has 0 bridgehead atoms. The molecule has 0 spiro atoms. The summed E-state index contributed by atoms with van der Waals surface area (Å²) in [6, 6.07) is 9.42. The summed E-state index contributed by atoms with van der Waals surface area (Å²) in [6.45, 7) is 1.01. The Hall–Kier alpha value is -4.02. The van der Waals surface area contributed by atoms with Gasteiger partial charge < -0.3 is 15.5 Å². The summed E-state index contributed by atoms with van der Waals surface area (Å²) in [5, 5.41) is 4.76. The second kappa shape index (κ2) is 10.1. The molecule has 1 aromatic heterocycles. The van der Waals surface area contributed by atoms with Gasteiger partial charge in [-0.25, -0.2) is 14.4 Å². The number of carbonyl (C=O) groups is 2. The molecule has 1 aliphatic heterocycles. The van der Waals surface area contributed by atoms with Gasteiger partial charge in [0.15, 0.2) is 0 Å². The predicted molar refractivity (Wildman–Crippen MR) is 121 cm³/mol. The zero-order valence-corrected chi connectivity index (χ0v) is 18.3. The first-order valence-corrected chi connectivity index (χ1v) is 10.8. The minimum absolute atomic E-state index is 0.0876. The highest BCUT2D eigenvalue weighted by Gasteiger charge is 2.35. The molecule has 1 saturated heterocycles. The summed E-state index contributed by atoms with van der Waals surface area (Å²) in [6.07, 6.45) is -0.654. The fourth-order valence-electron chi connectivity index (χ4n) is 3.80. The van der Waals surface area contributed by atoms with E-state index in [-0.39, 0.29) is 11.3 Å². The molecule has 0 aliphatic carbocycles. The van der Waals surface area contributed by atoms with Gasteiger partial charge in [0.25, 0.3) is 5.91 Å². The Bertz CT molecular complexity index is 1190. The Morgan fingerprint density at radius 2 is 1.60 bits per heavy atom. The molecule has 2 heterocycles. The summed E-state index contributed by atoms with van der Waals surface area (Å²) in [7, 11) is 0. The maximum atomic E-state index is 13.7. The lowest BCUT2D eigenvalue weighted by Gasteiger charge is -2.31. The third kappa shape index (κ3) is 5.92.